The molecule has 1 atom stereocenters. The highest BCUT2D eigenvalue weighted by Crippen LogP contribution is 2.32. The lowest BCUT2D eigenvalue weighted by Gasteiger charge is -2.44. The normalized spacial score (nSPS) is 24.5. The molecule has 0 aromatic heterocycles. The van der Waals surface area contributed by atoms with Crippen LogP contribution in [0.5, 0.6) is 0 Å². The van der Waals surface area contributed by atoms with Crippen LogP contribution in [0.4, 0.5) is 10.5 Å². The summed E-state index contributed by atoms with van der Waals surface area (Å²) < 4.78 is 0. The molecule has 6 nitrogen and oxygen atoms in total. The molecule has 1 aliphatic carbocycles. The van der Waals surface area contributed by atoms with Gasteiger partial charge in [0.2, 0.25) is 5.91 Å². The van der Waals surface area contributed by atoms with E-state index in [1.165, 1.54) is 12.8 Å². The Kier molecular flexibility index (Phi) is 5.58. The maximum atomic E-state index is 13.6. The second-order valence-corrected chi connectivity index (χ2v) is 8.62. The number of rotatable bonds is 3. The zero-order valence-corrected chi connectivity index (χ0v) is 16.9. The van der Waals surface area contributed by atoms with E-state index in [1.54, 1.807) is 0 Å². The Morgan fingerprint density at radius 1 is 1.04 bits per heavy atom. The fourth-order valence-corrected chi connectivity index (χ4v) is 5.11. The van der Waals surface area contributed by atoms with Gasteiger partial charge < -0.3 is 15.5 Å². The maximum absolute atomic E-state index is 13.6. The van der Waals surface area contributed by atoms with E-state index in [-0.39, 0.29) is 11.9 Å². The summed E-state index contributed by atoms with van der Waals surface area (Å²) in [5.74, 6) is 0.124. The average Bonchev–Trinajstić information content (AvgIpc) is 3.17. The first kappa shape index (κ1) is 19.2. The molecule has 152 valence electrons. The smallest absolute Gasteiger partial charge is 0.320 e. The number of nitrogens with one attached hydrogen (secondary N) is 2. The van der Waals surface area contributed by atoms with Gasteiger partial charge >= 0.3 is 6.03 Å². The number of benzene rings is 1. The number of amides is 3. The Morgan fingerprint density at radius 2 is 1.82 bits per heavy atom. The molecule has 6 heteroatoms. The second kappa shape index (κ2) is 8.11. The minimum Gasteiger partial charge on any atom is -0.338 e. The predicted octanol–water partition coefficient (Wildman–Crippen LogP) is 3.13. The van der Waals surface area contributed by atoms with Crippen molar-refractivity contribution in [2.45, 2.75) is 63.5 Å². The summed E-state index contributed by atoms with van der Waals surface area (Å²) in [6, 6.07) is 7.95. The fraction of sp³-hybridized carbons (Fsp3) is 0.636. The van der Waals surface area contributed by atoms with E-state index < -0.39 is 5.54 Å². The van der Waals surface area contributed by atoms with Gasteiger partial charge in [0.15, 0.2) is 0 Å². The zero-order valence-electron chi connectivity index (χ0n) is 16.9. The quantitative estimate of drug-likeness (QED) is 0.842. The summed E-state index contributed by atoms with van der Waals surface area (Å²) in [4.78, 5) is 30.9. The summed E-state index contributed by atoms with van der Waals surface area (Å²) in [6.45, 7) is 5.68. The molecule has 1 aromatic rings. The van der Waals surface area contributed by atoms with Crippen molar-refractivity contribution in [2.24, 2.45) is 0 Å². The predicted molar refractivity (Wildman–Crippen MR) is 110 cm³/mol. The number of hydrogen-bond acceptors (Lipinski definition) is 3. The molecule has 0 spiro atoms. The van der Waals surface area contributed by atoms with Crippen molar-refractivity contribution < 1.29 is 9.59 Å². The summed E-state index contributed by atoms with van der Waals surface area (Å²) in [7, 11) is 0. The number of fused-ring (bicyclic) bond motifs is 1. The average molecular weight is 385 g/mol. The first-order valence-corrected chi connectivity index (χ1v) is 10.8. The van der Waals surface area contributed by atoms with Crippen molar-refractivity contribution >= 4 is 17.6 Å². The van der Waals surface area contributed by atoms with Gasteiger partial charge in [0.1, 0.15) is 5.54 Å². The van der Waals surface area contributed by atoms with Crippen LogP contribution in [0.3, 0.4) is 0 Å². The number of para-hydroxylation sites is 1. The molecule has 2 aliphatic heterocycles. The second-order valence-electron chi connectivity index (χ2n) is 8.62. The van der Waals surface area contributed by atoms with Crippen molar-refractivity contribution in [2.75, 3.05) is 31.5 Å². The van der Waals surface area contributed by atoms with Crippen molar-refractivity contribution in [3.8, 4) is 0 Å². The van der Waals surface area contributed by atoms with Crippen LogP contribution in [0.15, 0.2) is 24.3 Å². The number of anilines is 1. The molecule has 2 heterocycles. The minimum absolute atomic E-state index is 0.124. The highest BCUT2D eigenvalue weighted by molar-refractivity contribution is 5.96. The molecule has 1 saturated carbocycles. The van der Waals surface area contributed by atoms with Crippen LogP contribution in [-0.4, -0.2) is 59.5 Å². The number of piperazine rings is 1. The zero-order chi connectivity index (χ0) is 19.6. The minimum atomic E-state index is -0.758. The van der Waals surface area contributed by atoms with E-state index in [2.05, 4.69) is 15.5 Å². The van der Waals surface area contributed by atoms with Gasteiger partial charge in [0.25, 0.3) is 0 Å². The van der Waals surface area contributed by atoms with Gasteiger partial charge in [-0.05, 0) is 50.8 Å². The standard InChI is InChI=1S/C22H32N4O2/c1-17-8-3-4-10-19(17)23-21(28)24-22(11-5-2-6-12-22)20(27)26-15-14-25-13-7-9-18(25)16-26/h3-4,8,10,18H,2,5-7,9,11-16H2,1H3,(H2,23,24,28)/t18-/m0/s1. The molecule has 28 heavy (non-hydrogen) atoms. The highest BCUT2D eigenvalue weighted by Gasteiger charge is 2.45. The Balaban J connectivity index is 1.47. The molecular weight excluding hydrogens is 352 g/mol. The van der Waals surface area contributed by atoms with Gasteiger partial charge in [-0.2, -0.15) is 0 Å². The van der Waals surface area contributed by atoms with Crippen LogP contribution in [0.2, 0.25) is 0 Å². The third kappa shape index (κ3) is 3.88. The van der Waals surface area contributed by atoms with Crippen LogP contribution < -0.4 is 10.6 Å². The van der Waals surface area contributed by atoms with E-state index in [0.29, 0.717) is 6.04 Å². The van der Waals surface area contributed by atoms with E-state index in [0.717, 1.165) is 69.5 Å². The molecule has 1 aromatic carbocycles. The van der Waals surface area contributed by atoms with E-state index in [1.807, 2.05) is 36.1 Å². The Labute approximate surface area is 167 Å². The summed E-state index contributed by atoms with van der Waals surface area (Å²) >= 11 is 0. The number of aryl methyl sites for hydroxylation is 1. The molecule has 0 radical (unpaired) electrons. The molecule has 3 fully saturated rings. The molecule has 0 unspecified atom stereocenters. The van der Waals surface area contributed by atoms with E-state index >= 15 is 0 Å². The third-order valence-corrected chi connectivity index (χ3v) is 6.74. The first-order chi connectivity index (χ1) is 13.6. The lowest BCUT2D eigenvalue weighted by atomic mass is 9.80. The van der Waals surface area contributed by atoms with Crippen molar-refractivity contribution in [3.63, 3.8) is 0 Å². The molecule has 2 saturated heterocycles. The first-order valence-electron chi connectivity index (χ1n) is 10.8. The number of hydrogen-bond donors (Lipinski definition) is 2. The number of nitrogens with zero attached hydrogens (tertiary/aromatic N) is 2. The van der Waals surface area contributed by atoms with Crippen LogP contribution in [0.1, 0.15) is 50.5 Å². The maximum Gasteiger partial charge on any atom is 0.320 e. The van der Waals surface area contributed by atoms with Crippen molar-refractivity contribution in [3.05, 3.63) is 29.8 Å². The van der Waals surface area contributed by atoms with Crippen LogP contribution >= 0.6 is 0 Å². The monoisotopic (exact) mass is 384 g/mol. The lowest BCUT2D eigenvalue weighted by Crippen LogP contribution is -2.64. The topological polar surface area (TPSA) is 64.7 Å². The molecule has 2 N–H and O–H groups in total. The summed E-state index contributed by atoms with van der Waals surface area (Å²) in [5, 5.41) is 6.06. The van der Waals surface area contributed by atoms with E-state index in [9.17, 15) is 9.59 Å². The van der Waals surface area contributed by atoms with Crippen LogP contribution in [0.25, 0.3) is 0 Å². The van der Waals surface area contributed by atoms with Gasteiger partial charge in [-0.25, -0.2) is 4.79 Å². The highest BCUT2D eigenvalue weighted by atomic mass is 16.2. The Morgan fingerprint density at radius 3 is 2.61 bits per heavy atom. The van der Waals surface area contributed by atoms with Crippen molar-refractivity contribution in [1.29, 1.82) is 0 Å². The third-order valence-electron chi connectivity index (χ3n) is 6.74. The van der Waals surface area contributed by atoms with Crippen molar-refractivity contribution in [1.82, 2.24) is 15.1 Å². The van der Waals surface area contributed by atoms with Gasteiger partial charge in [-0.3, -0.25) is 9.69 Å². The summed E-state index contributed by atoms with van der Waals surface area (Å²) in [5.41, 5.74) is 1.04. The Hall–Kier alpha value is -2.08. The molecule has 3 amide bonds. The van der Waals surface area contributed by atoms with Gasteiger partial charge in [-0.1, -0.05) is 37.5 Å². The van der Waals surface area contributed by atoms with Gasteiger partial charge in [0.05, 0.1) is 0 Å². The fourth-order valence-electron chi connectivity index (χ4n) is 5.11. The Bertz CT molecular complexity index is 729. The number of carbonyl (C=O) groups excluding carboxylic acids is 2. The van der Waals surface area contributed by atoms with Crippen LogP contribution in [-0.2, 0) is 4.79 Å². The van der Waals surface area contributed by atoms with Gasteiger partial charge in [-0.15, -0.1) is 0 Å². The number of urea groups is 1. The molecule has 4 rings (SSSR count). The number of carbonyl (C=O) groups is 2. The molecule has 3 aliphatic rings. The van der Waals surface area contributed by atoms with Crippen LogP contribution in [0, 0.1) is 6.92 Å². The van der Waals surface area contributed by atoms with Gasteiger partial charge in [0, 0.05) is 31.4 Å². The molecule has 0 bridgehead atoms. The SMILES string of the molecule is Cc1ccccc1NC(=O)NC1(C(=O)N2CCN3CCC[C@H]3C2)CCCCC1. The lowest BCUT2D eigenvalue weighted by molar-refractivity contribution is -0.142. The largest absolute Gasteiger partial charge is 0.338 e. The summed E-state index contributed by atoms with van der Waals surface area (Å²) in [6.07, 6.45) is 6.98. The molecular formula is C22H32N4O2. The van der Waals surface area contributed by atoms with E-state index in [4.69, 9.17) is 0 Å².